The first-order valence-corrected chi connectivity index (χ1v) is 9.49. The van der Waals surface area contributed by atoms with E-state index in [0.717, 1.165) is 23.1 Å². The summed E-state index contributed by atoms with van der Waals surface area (Å²) in [7, 11) is 0. The van der Waals surface area contributed by atoms with Gasteiger partial charge in [-0.3, -0.25) is 14.5 Å². The second kappa shape index (κ2) is 9.18. The van der Waals surface area contributed by atoms with E-state index >= 15 is 0 Å². The molecule has 31 heavy (non-hydrogen) atoms. The van der Waals surface area contributed by atoms with Crippen LogP contribution in [0.1, 0.15) is 18.1 Å². The Balaban J connectivity index is 1.85. The van der Waals surface area contributed by atoms with E-state index in [1.807, 2.05) is 0 Å². The first-order chi connectivity index (χ1) is 14.7. The molecule has 0 aliphatic heterocycles. The maximum absolute atomic E-state index is 14.0. The smallest absolute Gasteiger partial charge is 0.229 e. The summed E-state index contributed by atoms with van der Waals surface area (Å²) in [5.41, 5.74) is 0.529. The van der Waals surface area contributed by atoms with Crippen molar-refractivity contribution in [3.8, 4) is 0 Å². The molecule has 5 nitrogen and oxygen atoms in total. The van der Waals surface area contributed by atoms with Crippen LogP contribution in [0.4, 0.5) is 30.4 Å². The third-order valence-electron chi connectivity index (χ3n) is 4.46. The predicted octanol–water partition coefficient (Wildman–Crippen LogP) is 5.33. The fourth-order valence-corrected chi connectivity index (χ4v) is 3.13. The Morgan fingerprint density at radius 2 is 1.74 bits per heavy atom. The lowest BCUT2D eigenvalue weighted by Gasteiger charge is -2.21. The molecule has 0 aliphatic rings. The van der Waals surface area contributed by atoms with Crippen LogP contribution < -0.4 is 10.2 Å². The molecule has 0 atom stereocenters. The van der Waals surface area contributed by atoms with Gasteiger partial charge in [-0.05, 0) is 42.8 Å². The minimum Gasteiger partial charge on any atom is -0.326 e. The Bertz CT molecular complexity index is 1150. The van der Waals surface area contributed by atoms with Crippen molar-refractivity contribution in [2.24, 2.45) is 0 Å². The Morgan fingerprint density at radius 1 is 1.06 bits per heavy atom. The highest BCUT2D eigenvalue weighted by atomic mass is 35.5. The molecule has 2 amide bonds. The molecule has 160 valence electrons. The number of amides is 2. The molecule has 1 heterocycles. The summed E-state index contributed by atoms with van der Waals surface area (Å²) in [4.78, 5) is 29.7. The average Bonchev–Trinajstić information content (AvgIpc) is 2.68. The molecule has 0 spiro atoms. The van der Waals surface area contributed by atoms with Crippen LogP contribution in [-0.4, -0.2) is 16.8 Å². The minimum absolute atomic E-state index is 0.0397. The zero-order chi connectivity index (χ0) is 22.7. The van der Waals surface area contributed by atoms with E-state index in [0.29, 0.717) is 11.3 Å². The van der Waals surface area contributed by atoms with Crippen LogP contribution in [-0.2, 0) is 16.0 Å². The molecule has 0 saturated heterocycles. The van der Waals surface area contributed by atoms with Crippen molar-refractivity contribution in [2.75, 3.05) is 10.2 Å². The predicted molar refractivity (Wildman–Crippen MR) is 112 cm³/mol. The van der Waals surface area contributed by atoms with E-state index in [9.17, 15) is 22.8 Å². The second-order valence-corrected chi connectivity index (χ2v) is 7.16. The highest BCUT2D eigenvalue weighted by Gasteiger charge is 2.19. The highest BCUT2D eigenvalue weighted by Crippen LogP contribution is 2.29. The van der Waals surface area contributed by atoms with Gasteiger partial charge in [0.05, 0.1) is 12.1 Å². The molecule has 0 bridgehead atoms. The number of carbonyl (C=O) groups excluding carboxylic acids is 2. The number of carbonyl (C=O) groups is 2. The van der Waals surface area contributed by atoms with Crippen molar-refractivity contribution in [3.05, 3.63) is 82.3 Å². The maximum atomic E-state index is 14.0. The molecule has 0 fully saturated rings. The summed E-state index contributed by atoms with van der Waals surface area (Å²) in [6, 6.07) is 8.66. The van der Waals surface area contributed by atoms with Crippen LogP contribution in [0.2, 0.25) is 5.02 Å². The van der Waals surface area contributed by atoms with Gasteiger partial charge in [0, 0.05) is 35.5 Å². The number of nitrogens with zero attached hydrogens (tertiary/aromatic N) is 2. The number of benzene rings is 2. The Hall–Kier alpha value is -3.39. The van der Waals surface area contributed by atoms with Crippen molar-refractivity contribution >= 4 is 40.6 Å². The second-order valence-electron chi connectivity index (χ2n) is 6.75. The van der Waals surface area contributed by atoms with Gasteiger partial charge in [-0.15, -0.1) is 0 Å². The molecular weight excluding hydrogens is 431 g/mol. The molecule has 0 saturated carbocycles. The summed E-state index contributed by atoms with van der Waals surface area (Å²) in [5, 5.41) is 2.75. The SMILES string of the molecule is CC(=O)N(c1cc(F)c(C)c(F)c1)c1cc(NC(=O)Cc2ccc(F)cc2Cl)ccn1. The Kier molecular flexibility index (Phi) is 6.60. The number of pyridine rings is 1. The van der Waals surface area contributed by atoms with Crippen LogP contribution in [0.5, 0.6) is 0 Å². The van der Waals surface area contributed by atoms with Crippen molar-refractivity contribution in [1.29, 1.82) is 0 Å². The van der Waals surface area contributed by atoms with Gasteiger partial charge in [0.15, 0.2) is 0 Å². The zero-order valence-electron chi connectivity index (χ0n) is 16.5. The van der Waals surface area contributed by atoms with E-state index in [1.165, 1.54) is 44.3 Å². The average molecular weight is 448 g/mol. The fraction of sp³-hybridized carbons (Fsp3) is 0.136. The standard InChI is InChI=1S/C22H17ClF3N3O2/c1-12-19(25)10-17(11-20(12)26)29(13(2)30)21-9-16(5-6-27-21)28-22(31)7-14-3-4-15(24)8-18(14)23/h3-6,8-11H,7H2,1-2H3,(H,27,28,31). The quantitative estimate of drug-likeness (QED) is 0.575. The number of halogens is 4. The van der Waals surface area contributed by atoms with Gasteiger partial charge in [0.1, 0.15) is 23.3 Å². The summed E-state index contributed by atoms with van der Waals surface area (Å²) in [5.74, 6) is -3.03. The van der Waals surface area contributed by atoms with Crippen LogP contribution in [0.3, 0.4) is 0 Å². The van der Waals surface area contributed by atoms with Gasteiger partial charge in [-0.1, -0.05) is 17.7 Å². The van der Waals surface area contributed by atoms with Crippen molar-refractivity contribution in [3.63, 3.8) is 0 Å². The van der Waals surface area contributed by atoms with E-state index in [2.05, 4.69) is 10.3 Å². The lowest BCUT2D eigenvalue weighted by atomic mass is 10.1. The molecule has 0 radical (unpaired) electrons. The van der Waals surface area contributed by atoms with E-state index in [-0.39, 0.29) is 28.5 Å². The van der Waals surface area contributed by atoms with Crippen LogP contribution in [0, 0.1) is 24.4 Å². The first kappa shape index (κ1) is 22.3. The molecule has 3 aromatic rings. The molecule has 3 rings (SSSR count). The van der Waals surface area contributed by atoms with Gasteiger partial charge in [0.25, 0.3) is 0 Å². The maximum Gasteiger partial charge on any atom is 0.229 e. The molecule has 1 aromatic heterocycles. The fourth-order valence-electron chi connectivity index (χ4n) is 2.90. The zero-order valence-corrected chi connectivity index (χ0v) is 17.3. The van der Waals surface area contributed by atoms with Gasteiger partial charge in [-0.25, -0.2) is 18.2 Å². The molecule has 1 N–H and O–H groups in total. The summed E-state index contributed by atoms with van der Waals surface area (Å²) >= 11 is 5.95. The number of aromatic nitrogens is 1. The van der Waals surface area contributed by atoms with Crippen molar-refractivity contribution in [1.82, 2.24) is 4.98 Å². The monoisotopic (exact) mass is 447 g/mol. The van der Waals surface area contributed by atoms with Gasteiger partial charge < -0.3 is 5.32 Å². The number of rotatable bonds is 5. The highest BCUT2D eigenvalue weighted by molar-refractivity contribution is 6.31. The normalized spacial score (nSPS) is 10.6. The third kappa shape index (κ3) is 5.21. The lowest BCUT2D eigenvalue weighted by Crippen LogP contribution is -2.24. The van der Waals surface area contributed by atoms with Crippen LogP contribution >= 0.6 is 11.6 Å². The van der Waals surface area contributed by atoms with Crippen LogP contribution in [0.15, 0.2) is 48.7 Å². The summed E-state index contributed by atoms with van der Waals surface area (Å²) in [6.45, 7) is 2.51. The van der Waals surface area contributed by atoms with Gasteiger partial charge in [-0.2, -0.15) is 0 Å². The van der Waals surface area contributed by atoms with E-state index in [1.54, 1.807) is 0 Å². The topological polar surface area (TPSA) is 62.3 Å². The number of hydrogen-bond donors (Lipinski definition) is 1. The number of hydrogen-bond acceptors (Lipinski definition) is 3. The molecular formula is C22H17ClF3N3O2. The van der Waals surface area contributed by atoms with Gasteiger partial charge >= 0.3 is 0 Å². The minimum atomic E-state index is -0.804. The Labute approximate surface area is 181 Å². The number of nitrogens with one attached hydrogen (secondary N) is 1. The Morgan fingerprint density at radius 3 is 2.35 bits per heavy atom. The molecule has 0 aliphatic carbocycles. The van der Waals surface area contributed by atoms with E-state index in [4.69, 9.17) is 11.6 Å². The van der Waals surface area contributed by atoms with E-state index < -0.39 is 29.3 Å². The number of anilines is 3. The molecule has 2 aromatic carbocycles. The van der Waals surface area contributed by atoms with Crippen molar-refractivity contribution in [2.45, 2.75) is 20.3 Å². The largest absolute Gasteiger partial charge is 0.326 e. The van der Waals surface area contributed by atoms with Crippen LogP contribution in [0.25, 0.3) is 0 Å². The molecule has 0 unspecified atom stereocenters. The summed E-state index contributed by atoms with van der Waals surface area (Å²) < 4.78 is 41.2. The summed E-state index contributed by atoms with van der Waals surface area (Å²) in [6.07, 6.45) is 1.23. The van der Waals surface area contributed by atoms with Crippen molar-refractivity contribution < 1.29 is 22.8 Å². The van der Waals surface area contributed by atoms with Gasteiger partial charge in [0.2, 0.25) is 11.8 Å². The molecule has 9 heteroatoms. The third-order valence-corrected chi connectivity index (χ3v) is 4.82. The first-order valence-electron chi connectivity index (χ1n) is 9.12. The lowest BCUT2D eigenvalue weighted by molar-refractivity contribution is -0.116.